The van der Waals surface area contributed by atoms with E-state index in [-0.39, 0.29) is 11.4 Å². The minimum Gasteiger partial charge on any atom is -0.487 e. The van der Waals surface area contributed by atoms with Crippen molar-refractivity contribution in [3.8, 4) is 5.75 Å². The second kappa shape index (κ2) is 4.45. The summed E-state index contributed by atoms with van der Waals surface area (Å²) in [6.07, 6.45) is 0. The second-order valence-corrected chi connectivity index (χ2v) is 5.43. The van der Waals surface area contributed by atoms with Crippen LogP contribution in [0.2, 0.25) is 0 Å². The molecule has 0 N–H and O–H groups in total. The minimum atomic E-state index is -0.280. The van der Waals surface area contributed by atoms with Crippen molar-refractivity contribution >= 4 is 16.6 Å². The van der Waals surface area contributed by atoms with Gasteiger partial charge < -0.3 is 4.74 Å². The van der Waals surface area contributed by atoms with Crippen LogP contribution in [0.4, 0.5) is 0 Å². The fourth-order valence-electron chi connectivity index (χ4n) is 2.01. The number of fused-ring (bicyclic) bond motifs is 1. The molecule has 2 nitrogen and oxygen atoms in total. The summed E-state index contributed by atoms with van der Waals surface area (Å²) in [5.41, 5.74) is 0.436. The Morgan fingerprint density at radius 2 is 1.67 bits per heavy atom. The Kier molecular flexibility index (Phi) is 3.12. The first-order chi connectivity index (χ1) is 8.38. The number of carbonyl (C=O) groups excluding carboxylic acids is 1. The molecule has 2 aromatic carbocycles. The molecule has 0 radical (unpaired) electrons. The van der Waals surface area contributed by atoms with Gasteiger partial charge in [-0.25, -0.2) is 0 Å². The van der Waals surface area contributed by atoms with Gasteiger partial charge in [-0.3, -0.25) is 4.79 Å². The number of ether oxygens (including phenoxy) is 1. The molecule has 0 saturated heterocycles. The lowest BCUT2D eigenvalue weighted by Gasteiger charge is -2.23. The zero-order chi connectivity index (χ0) is 13.3. The molecule has 0 unspecified atom stereocenters. The van der Waals surface area contributed by atoms with Gasteiger partial charge in [0.1, 0.15) is 11.4 Å². The normalized spacial score (nSPS) is 11.6. The molecule has 0 aliphatic heterocycles. The molecule has 0 bridgehead atoms. The third kappa shape index (κ3) is 2.53. The molecule has 2 aromatic rings. The fourth-order valence-corrected chi connectivity index (χ4v) is 2.01. The molecule has 0 spiro atoms. The monoisotopic (exact) mass is 242 g/mol. The lowest BCUT2D eigenvalue weighted by atomic mass is 10.0. The van der Waals surface area contributed by atoms with Gasteiger partial charge in [-0.1, -0.05) is 30.3 Å². The highest BCUT2D eigenvalue weighted by Crippen LogP contribution is 2.31. The van der Waals surface area contributed by atoms with Crippen LogP contribution < -0.4 is 4.74 Å². The summed E-state index contributed by atoms with van der Waals surface area (Å²) in [7, 11) is 0. The molecule has 2 rings (SSSR count). The van der Waals surface area contributed by atoms with Crippen molar-refractivity contribution in [2.45, 2.75) is 33.3 Å². The van der Waals surface area contributed by atoms with Gasteiger partial charge in [-0.15, -0.1) is 0 Å². The maximum atomic E-state index is 11.7. The average molecular weight is 242 g/mol. The van der Waals surface area contributed by atoms with E-state index in [1.54, 1.807) is 6.92 Å². The van der Waals surface area contributed by atoms with Crippen LogP contribution in [0, 0.1) is 0 Å². The van der Waals surface area contributed by atoms with Gasteiger partial charge in [0.15, 0.2) is 5.78 Å². The first-order valence-electron chi connectivity index (χ1n) is 6.10. The molecular formula is C16H18O2. The Morgan fingerprint density at radius 1 is 1.06 bits per heavy atom. The molecule has 0 heterocycles. The highest BCUT2D eigenvalue weighted by atomic mass is 16.5. The lowest BCUT2D eigenvalue weighted by Crippen LogP contribution is -2.23. The zero-order valence-electron chi connectivity index (χ0n) is 11.3. The van der Waals surface area contributed by atoms with E-state index in [0.29, 0.717) is 5.56 Å². The number of ketones is 1. The van der Waals surface area contributed by atoms with Crippen molar-refractivity contribution in [1.29, 1.82) is 0 Å². The topological polar surface area (TPSA) is 26.3 Å². The Hall–Kier alpha value is -1.83. The third-order valence-corrected chi connectivity index (χ3v) is 2.66. The van der Waals surface area contributed by atoms with Crippen LogP contribution in [0.15, 0.2) is 36.4 Å². The van der Waals surface area contributed by atoms with Crippen molar-refractivity contribution in [1.82, 2.24) is 0 Å². The molecule has 2 heteroatoms. The van der Waals surface area contributed by atoms with Crippen LogP contribution in [-0.4, -0.2) is 11.4 Å². The van der Waals surface area contributed by atoms with Crippen LogP contribution in [0.25, 0.3) is 10.8 Å². The molecule has 94 valence electrons. The second-order valence-electron chi connectivity index (χ2n) is 5.43. The van der Waals surface area contributed by atoms with E-state index in [1.807, 2.05) is 57.2 Å². The van der Waals surface area contributed by atoms with E-state index in [0.717, 1.165) is 16.5 Å². The van der Waals surface area contributed by atoms with Crippen LogP contribution in [-0.2, 0) is 0 Å². The first-order valence-corrected chi connectivity index (χ1v) is 6.10. The minimum absolute atomic E-state index is 0.0607. The summed E-state index contributed by atoms with van der Waals surface area (Å²) in [5, 5.41) is 1.94. The summed E-state index contributed by atoms with van der Waals surface area (Å²) in [4.78, 5) is 11.7. The maximum absolute atomic E-state index is 11.7. The largest absolute Gasteiger partial charge is 0.487 e. The van der Waals surface area contributed by atoms with Crippen molar-refractivity contribution in [2.75, 3.05) is 0 Å². The molecule has 0 saturated carbocycles. The Labute approximate surface area is 108 Å². The number of carbonyl (C=O) groups is 1. The average Bonchev–Trinajstić information content (AvgIpc) is 2.26. The van der Waals surface area contributed by atoms with Gasteiger partial charge in [0, 0.05) is 10.9 Å². The van der Waals surface area contributed by atoms with Crippen LogP contribution in [0.3, 0.4) is 0 Å². The van der Waals surface area contributed by atoms with Crippen molar-refractivity contribution in [3.05, 3.63) is 42.0 Å². The maximum Gasteiger partial charge on any atom is 0.160 e. The van der Waals surface area contributed by atoms with Crippen LogP contribution in [0.1, 0.15) is 38.1 Å². The molecular weight excluding hydrogens is 224 g/mol. The van der Waals surface area contributed by atoms with E-state index in [4.69, 9.17) is 4.74 Å². The molecule has 0 atom stereocenters. The first kappa shape index (κ1) is 12.6. The van der Waals surface area contributed by atoms with Crippen LogP contribution in [0.5, 0.6) is 5.75 Å². The van der Waals surface area contributed by atoms with E-state index in [9.17, 15) is 4.79 Å². The van der Waals surface area contributed by atoms with Gasteiger partial charge in [-0.05, 0) is 39.1 Å². The van der Waals surface area contributed by atoms with Gasteiger partial charge >= 0.3 is 0 Å². The van der Waals surface area contributed by atoms with Crippen LogP contribution >= 0.6 is 0 Å². The summed E-state index contributed by atoms with van der Waals surface area (Å²) >= 11 is 0. The number of benzene rings is 2. The quantitative estimate of drug-likeness (QED) is 0.737. The number of hydrogen-bond donors (Lipinski definition) is 0. The van der Waals surface area contributed by atoms with E-state index >= 15 is 0 Å². The van der Waals surface area contributed by atoms with Gasteiger partial charge in [0.05, 0.1) is 0 Å². The van der Waals surface area contributed by atoms with Crippen molar-refractivity contribution in [2.24, 2.45) is 0 Å². The summed E-state index contributed by atoms with van der Waals surface area (Å²) in [6.45, 7) is 7.59. The van der Waals surface area contributed by atoms with Gasteiger partial charge in [-0.2, -0.15) is 0 Å². The number of hydrogen-bond acceptors (Lipinski definition) is 2. The smallest absolute Gasteiger partial charge is 0.160 e. The summed E-state index contributed by atoms with van der Waals surface area (Å²) in [5.74, 6) is 0.830. The highest BCUT2D eigenvalue weighted by molar-refractivity contribution is 6.09. The number of rotatable bonds is 2. The highest BCUT2D eigenvalue weighted by Gasteiger charge is 2.16. The van der Waals surface area contributed by atoms with Crippen molar-refractivity contribution in [3.63, 3.8) is 0 Å². The summed E-state index contributed by atoms with van der Waals surface area (Å²) in [6, 6.07) is 11.6. The Morgan fingerprint density at radius 3 is 2.22 bits per heavy atom. The summed E-state index contributed by atoms with van der Waals surface area (Å²) < 4.78 is 5.95. The Bertz CT molecular complexity index is 586. The van der Waals surface area contributed by atoms with E-state index in [2.05, 4.69) is 0 Å². The molecule has 18 heavy (non-hydrogen) atoms. The van der Waals surface area contributed by atoms with E-state index < -0.39 is 0 Å². The zero-order valence-corrected chi connectivity index (χ0v) is 11.3. The lowest BCUT2D eigenvalue weighted by molar-refractivity contribution is 0.101. The van der Waals surface area contributed by atoms with Crippen molar-refractivity contribution < 1.29 is 9.53 Å². The van der Waals surface area contributed by atoms with Gasteiger partial charge in [0.2, 0.25) is 0 Å². The molecule has 0 aliphatic rings. The standard InChI is InChI=1S/C16H18O2/c1-11(17)13-9-5-7-12-8-6-10-14(15(12)13)18-16(2,3)4/h5-10H,1-4H3. The number of Topliss-reactive ketones (excluding diaryl/α,β-unsaturated/α-hetero) is 1. The predicted octanol–water partition coefficient (Wildman–Crippen LogP) is 4.22. The molecule has 0 aromatic heterocycles. The van der Waals surface area contributed by atoms with Gasteiger partial charge in [0.25, 0.3) is 0 Å². The van der Waals surface area contributed by atoms with E-state index in [1.165, 1.54) is 0 Å². The predicted molar refractivity (Wildman–Crippen MR) is 74.3 cm³/mol. The molecule has 0 amide bonds. The Balaban J connectivity index is 2.70. The SMILES string of the molecule is CC(=O)c1cccc2cccc(OC(C)(C)C)c12. The third-order valence-electron chi connectivity index (χ3n) is 2.66. The molecule has 0 fully saturated rings. The molecule has 0 aliphatic carbocycles. The fraction of sp³-hybridized carbons (Fsp3) is 0.312.